The van der Waals surface area contributed by atoms with Crippen molar-refractivity contribution in [2.75, 3.05) is 13.7 Å². The van der Waals surface area contributed by atoms with Crippen molar-refractivity contribution in [3.8, 4) is 6.01 Å². The second-order valence-electron chi connectivity index (χ2n) is 8.88. The van der Waals surface area contributed by atoms with Crippen LogP contribution >= 0.6 is 11.6 Å². The van der Waals surface area contributed by atoms with Crippen LogP contribution in [0.3, 0.4) is 0 Å². The summed E-state index contributed by atoms with van der Waals surface area (Å²) in [5.41, 5.74) is -0.0405. The van der Waals surface area contributed by atoms with Crippen molar-refractivity contribution in [3.05, 3.63) is 46.2 Å². The number of hydrogen-bond donors (Lipinski definition) is 0. The van der Waals surface area contributed by atoms with Gasteiger partial charge in [-0.05, 0) is 58.2 Å². The molecule has 0 saturated carbocycles. The Hall–Kier alpha value is -2.42. The first-order valence-electron chi connectivity index (χ1n) is 10.3. The molecule has 0 N–H and O–H groups in total. The van der Waals surface area contributed by atoms with E-state index in [1.54, 1.807) is 25.7 Å². The molecule has 0 spiro atoms. The molecule has 0 aliphatic carbocycles. The number of imidazole rings is 1. The third kappa shape index (κ3) is 5.14. The van der Waals surface area contributed by atoms with E-state index >= 15 is 0 Å². The minimum atomic E-state index is -4.39. The van der Waals surface area contributed by atoms with Crippen LogP contribution in [0.25, 0.3) is 0 Å². The van der Waals surface area contributed by atoms with Crippen LogP contribution in [0, 0.1) is 0 Å². The molecule has 0 fully saturated rings. The number of halogens is 4. The second-order valence-corrected chi connectivity index (χ2v) is 9.23. The summed E-state index contributed by atoms with van der Waals surface area (Å²) in [6, 6.07) is 4.73. The van der Waals surface area contributed by atoms with Gasteiger partial charge in [-0.1, -0.05) is 23.7 Å². The fourth-order valence-electron chi connectivity index (χ4n) is 3.89. The van der Waals surface area contributed by atoms with Gasteiger partial charge in [0.05, 0.1) is 30.5 Å². The van der Waals surface area contributed by atoms with Crippen molar-refractivity contribution in [3.63, 3.8) is 0 Å². The number of ether oxygens (including phenoxy) is 2. The maximum absolute atomic E-state index is 13.0. The Bertz CT molecular complexity index is 968. The quantitative estimate of drug-likeness (QED) is 0.542. The van der Waals surface area contributed by atoms with Crippen molar-refractivity contribution in [1.29, 1.82) is 0 Å². The van der Waals surface area contributed by atoms with Crippen LogP contribution < -0.4 is 4.74 Å². The largest absolute Gasteiger partial charge is 0.468 e. The molecule has 0 bridgehead atoms. The van der Waals surface area contributed by atoms with Gasteiger partial charge in [-0.2, -0.15) is 18.2 Å². The number of carbonyl (C=O) groups is 1. The molecule has 1 aromatic heterocycles. The van der Waals surface area contributed by atoms with Crippen LogP contribution in [0.2, 0.25) is 5.15 Å². The van der Waals surface area contributed by atoms with Crippen molar-refractivity contribution in [1.82, 2.24) is 14.5 Å². The molecule has 1 aromatic carbocycles. The zero-order chi connectivity index (χ0) is 23.8. The lowest BCUT2D eigenvalue weighted by molar-refractivity contribution is -0.137. The van der Waals surface area contributed by atoms with E-state index in [0.29, 0.717) is 31.1 Å². The van der Waals surface area contributed by atoms with E-state index in [1.807, 2.05) is 11.5 Å². The highest BCUT2D eigenvalue weighted by atomic mass is 35.5. The predicted molar refractivity (Wildman–Crippen MR) is 114 cm³/mol. The molecule has 32 heavy (non-hydrogen) atoms. The Morgan fingerprint density at radius 3 is 2.38 bits per heavy atom. The van der Waals surface area contributed by atoms with Crippen molar-refractivity contribution in [2.24, 2.45) is 0 Å². The van der Waals surface area contributed by atoms with Gasteiger partial charge in [0.2, 0.25) is 0 Å². The molecule has 1 aliphatic rings. The summed E-state index contributed by atoms with van der Waals surface area (Å²) in [6.45, 7) is 7.64. The van der Waals surface area contributed by atoms with Gasteiger partial charge in [-0.25, -0.2) is 4.79 Å². The van der Waals surface area contributed by atoms with E-state index in [1.165, 1.54) is 19.2 Å². The zero-order valence-electron chi connectivity index (χ0n) is 18.7. The standard InChI is InChI=1S/C22H27ClF3N3O3/c1-13-12-28(20(30)32-21(2,3)4)16(17-18(23)27-19(31-5)29(13)17)11-8-14-6-9-15(10-7-14)22(24,25)26/h6-7,9-10,13,16H,8,11-12H2,1-5H3. The third-order valence-electron chi connectivity index (χ3n) is 5.26. The molecule has 1 aliphatic heterocycles. The van der Waals surface area contributed by atoms with Crippen LogP contribution in [0.1, 0.15) is 63.0 Å². The molecule has 0 saturated heterocycles. The van der Waals surface area contributed by atoms with E-state index in [-0.39, 0.29) is 11.2 Å². The number of hydrogen-bond acceptors (Lipinski definition) is 4. The Kier molecular flexibility index (Phi) is 6.70. The Morgan fingerprint density at radius 2 is 1.84 bits per heavy atom. The summed E-state index contributed by atoms with van der Waals surface area (Å²) in [6.07, 6.45) is -4.02. The summed E-state index contributed by atoms with van der Waals surface area (Å²) in [4.78, 5) is 18.9. The van der Waals surface area contributed by atoms with Gasteiger partial charge >= 0.3 is 12.3 Å². The number of aryl methyl sites for hydroxylation is 1. The molecule has 10 heteroatoms. The lowest BCUT2D eigenvalue weighted by Crippen LogP contribution is -2.46. The smallest absolute Gasteiger partial charge is 0.416 e. The van der Waals surface area contributed by atoms with Crippen molar-refractivity contribution < 1.29 is 27.4 Å². The van der Waals surface area contributed by atoms with E-state index in [0.717, 1.165) is 17.7 Å². The third-order valence-corrected chi connectivity index (χ3v) is 5.54. The fourth-order valence-corrected chi connectivity index (χ4v) is 4.17. The minimum absolute atomic E-state index is 0.158. The van der Waals surface area contributed by atoms with E-state index in [9.17, 15) is 18.0 Å². The summed E-state index contributed by atoms with van der Waals surface area (Å²) in [5, 5.41) is 0.222. The Morgan fingerprint density at radius 1 is 1.22 bits per heavy atom. The van der Waals surface area contributed by atoms with Gasteiger partial charge in [0, 0.05) is 6.54 Å². The van der Waals surface area contributed by atoms with Gasteiger partial charge in [0.1, 0.15) is 5.60 Å². The normalized spacial score (nSPS) is 19.0. The highest BCUT2D eigenvalue weighted by Crippen LogP contribution is 2.41. The molecule has 2 unspecified atom stereocenters. The molecule has 0 radical (unpaired) electrons. The monoisotopic (exact) mass is 473 g/mol. The van der Waals surface area contributed by atoms with Crippen LogP contribution in [-0.4, -0.2) is 39.8 Å². The zero-order valence-corrected chi connectivity index (χ0v) is 19.4. The molecule has 176 valence electrons. The van der Waals surface area contributed by atoms with Gasteiger partial charge in [0.25, 0.3) is 6.01 Å². The number of aromatic nitrogens is 2. The molecule has 2 heterocycles. The maximum atomic E-state index is 13.0. The van der Waals surface area contributed by atoms with E-state index < -0.39 is 29.5 Å². The highest BCUT2D eigenvalue weighted by molar-refractivity contribution is 6.30. The van der Waals surface area contributed by atoms with Crippen LogP contribution in [-0.2, 0) is 17.3 Å². The molecular formula is C22H27ClF3N3O3. The van der Waals surface area contributed by atoms with E-state index in [2.05, 4.69) is 4.98 Å². The Labute approximate surface area is 190 Å². The van der Waals surface area contributed by atoms with Gasteiger partial charge in [0.15, 0.2) is 5.15 Å². The number of carbonyl (C=O) groups excluding carboxylic acids is 1. The molecular weight excluding hydrogens is 447 g/mol. The minimum Gasteiger partial charge on any atom is -0.468 e. The van der Waals surface area contributed by atoms with Gasteiger partial charge in [-0.15, -0.1) is 0 Å². The molecule has 3 rings (SSSR count). The molecule has 2 atom stereocenters. The first-order valence-corrected chi connectivity index (χ1v) is 10.7. The van der Waals surface area contributed by atoms with Crippen LogP contribution in [0.15, 0.2) is 24.3 Å². The summed E-state index contributed by atoms with van der Waals surface area (Å²) in [7, 11) is 1.50. The number of rotatable bonds is 4. The SMILES string of the molecule is COc1nc(Cl)c2n1C(C)CN(C(=O)OC(C)(C)C)C2CCc1ccc(C(F)(F)F)cc1. The number of fused-ring (bicyclic) bond motifs is 1. The van der Waals surface area contributed by atoms with Crippen LogP contribution in [0.4, 0.5) is 18.0 Å². The number of alkyl halides is 3. The summed E-state index contributed by atoms with van der Waals surface area (Å²) in [5.74, 6) is 0. The van der Waals surface area contributed by atoms with Crippen molar-refractivity contribution in [2.45, 2.75) is 64.4 Å². The topological polar surface area (TPSA) is 56.6 Å². The highest BCUT2D eigenvalue weighted by Gasteiger charge is 2.40. The predicted octanol–water partition coefficient (Wildman–Crippen LogP) is 6.05. The lowest BCUT2D eigenvalue weighted by Gasteiger charge is -2.40. The molecule has 2 aromatic rings. The number of methoxy groups -OCH3 is 1. The van der Waals surface area contributed by atoms with Crippen molar-refractivity contribution >= 4 is 17.7 Å². The van der Waals surface area contributed by atoms with Gasteiger partial charge < -0.3 is 9.47 Å². The summed E-state index contributed by atoms with van der Waals surface area (Å²) < 4.78 is 51.4. The number of amides is 1. The maximum Gasteiger partial charge on any atom is 0.416 e. The number of benzene rings is 1. The van der Waals surface area contributed by atoms with Crippen LogP contribution in [0.5, 0.6) is 6.01 Å². The average molecular weight is 474 g/mol. The first-order chi connectivity index (χ1) is 14.8. The van der Waals surface area contributed by atoms with Gasteiger partial charge in [-0.3, -0.25) is 9.47 Å². The lowest BCUT2D eigenvalue weighted by atomic mass is 9.98. The van der Waals surface area contributed by atoms with E-state index in [4.69, 9.17) is 21.1 Å². The molecule has 6 nitrogen and oxygen atoms in total. The first kappa shape index (κ1) is 24.2. The second kappa shape index (κ2) is 8.84. The average Bonchev–Trinajstić information content (AvgIpc) is 3.02. The fraction of sp³-hybridized carbons (Fsp3) is 0.545. The number of nitrogens with zero attached hydrogens (tertiary/aromatic N) is 3. The Balaban J connectivity index is 1.92. The summed E-state index contributed by atoms with van der Waals surface area (Å²) >= 11 is 6.44. The molecule has 1 amide bonds.